The largest absolute Gasteiger partial charge is 0.480 e. The molecule has 28 heavy (non-hydrogen) atoms. The summed E-state index contributed by atoms with van der Waals surface area (Å²) >= 11 is 0. The lowest BCUT2D eigenvalue weighted by Gasteiger charge is -2.57. The molecule has 1 atom stereocenters. The van der Waals surface area contributed by atoms with E-state index >= 15 is 0 Å². The summed E-state index contributed by atoms with van der Waals surface area (Å²) in [6.45, 7) is 3.64. The molecule has 2 aliphatic carbocycles. The number of nitrogens with one attached hydrogen (secondary N) is 1. The van der Waals surface area contributed by atoms with Crippen LogP contribution in [0, 0.1) is 5.41 Å². The number of rotatable bonds is 6. The number of carbonyl (C=O) groups excluding carboxylic acids is 1. The Morgan fingerprint density at radius 2 is 1.89 bits per heavy atom. The molecule has 3 fully saturated rings. The zero-order valence-corrected chi connectivity index (χ0v) is 16.6. The van der Waals surface area contributed by atoms with Crippen molar-refractivity contribution in [2.75, 3.05) is 19.6 Å². The summed E-state index contributed by atoms with van der Waals surface area (Å²) in [5.74, 6) is -0.789. The summed E-state index contributed by atoms with van der Waals surface area (Å²) in [5, 5.41) is 12.2. The topological polar surface area (TPSA) is 72.9 Å². The third-order valence-electron chi connectivity index (χ3n) is 7.05. The van der Waals surface area contributed by atoms with Gasteiger partial charge in [0.15, 0.2) is 0 Å². The zero-order valence-electron chi connectivity index (χ0n) is 16.6. The fourth-order valence-corrected chi connectivity index (χ4v) is 5.54. The van der Waals surface area contributed by atoms with E-state index in [4.69, 9.17) is 5.11 Å². The molecule has 1 aromatic rings. The molecule has 2 amide bonds. The second kappa shape index (κ2) is 7.74. The van der Waals surface area contributed by atoms with E-state index in [-0.39, 0.29) is 36.1 Å². The Kier molecular flexibility index (Phi) is 5.32. The number of carbonyl (C=O) groups is 2. The summed E-state index contributed by atoms with van der Waals surface area (Å²) < 4.78 is 0. The second-order valence-electron chi connectivity index (χ2n) is 8.74. The highest BCUT2D eigenvalue weighted by atomic mass is 16.4. The normalized spacial score (nSPS) is 28.1. The number of hydrogen-bond donors (Lipinski definition) is 2. The van der Waals surface area contributed by atoms with E-state index in [0.717, 1.165) is 25.9 Å². The summed E-state index contributed by atoms with van der Waals surface area (Å²) in [5.41, 5.74) is 1.51. The molecule has 3 aliphatic rings. The number of urea groups is 1. The average molecular weight is 386 g/mol. The van der Waals surface area contributed by atoms with Crippen LogP contribution in [-0.2, 0) is 4.79 Å². The first-order valence-electron chi connectivity index (χ1n) is 10.6. The fraction of sp³-hybridized carbons (Fsp3) is 0.636. The summed E-state index contributed by atoms with van der Waals surface area (Å²) in [4.78, 5) is 28.0. The van der Waals surface area contributed by atoms with Crippen LogP contribution in [0.3, 0.4) is 0 Å². The Morgan fingerprint density at radius 1 is 1.21 bits per heavy atom. The highest BCUT2D eigenvalue weighted by Crippen LogP contribution is 2.58. The van der Waals surface area contributed by atoms with Crippen molar-refractivity contribution in [2.24, 2.45) is 5.41 Å². The maximum absolute atomic E-state index is 13.0. The number of carboxylic acids is 1. The monoisotopic (exact) mass is 385 g/mol. The summed E-state index contributed by atoms with van der Waals surface area (Å²) in [6, 6.07) is 11.1. The molecular formula is C22H31N3O3. The molecule has 6 nitrogen and oxygen atoms in total. The molecule has 1 heterocycles. The van der Waals surface area contributed by atoms with Crippen LogP contribution in [0.2, 0.25) is 0 Å². The Balaban J connectivity index is 1.36. The minimum absolute atomic E-state index is 0.0381. The fourth-order valence-electron chi connectivity index (χ4n) is 5.54. The number of aliphatic carboxylic acids is 1. The smallest absolute Gasteiger partial charge is 0.318 e. The quantitative estimate of drug-likeness (QED) is 0.788. The first-order valence-corrected chi connectivity index (χ1v) is 10.6. The molecule has 6 heteroatoms. The summed E-state index contributed by atoms with van der Waals surface area (Å²) in [6.07, 6.45) is 6.62. The van der Waals surface area contributed by atoms with Crippen LogP contribution in [0.25, 0.3) is 0 Å². The molecule has 1 unspecified atom stereocenters. The maximum atomic E-state index is 13.0. The Bertz CT molecular complexity index is 711. The van der Waals surface area contributed by atoms with E-state index in [2.05, 4.69) is 29.6 Å². The lowest BCUT2D eigenvalue weighted by atomic mass is 9.67. The molecule has 1 spiro atoms. The number of hydrogen-bond acceptors (Lipinski definition) is 3. The van der Waals surface area contributed by atoms with Crippen LogP contribution in [0.4, 0.5) is 4.79 Å². The molecule has 0 aromatic heterocycles. The van der Waals surface area contributed by atoms with Gasteiger partial charge in [0.25, 0.3) is 0 Å². The standard InChI is InChI=1S/C22H31N3O3/c1-2-24(14-19(26)27)18-12-17(13-18)23-21(28)25-15-22(10-6-7-11-22)20(25)16-8-4-3-5-9-16/h3-5,8-9,17-18,20H,2,6-7,10-15H2,1H3,(H,23,28)(H,26,27). The first kappa shape index (κ1) is 19.2. The van der Waals surface area contributed by atoms with E-state index < -0.39 is 5.97 Å². The zero-order chi connectivity index (χ0) is 19.7. The molecule has 2 saturated carbocycles. The van der Waals surface area contributed by atoms with Crippen LogP contribution in [0.5, 0.6) is 0 Å². The van der Waals surface area contributed by atoms with E-state index in [9.17, 15) is 9.59 Å². The highest BCUT2D eigenvalue weighted by molar-refractivity contribution is 5.77. The molecule has 1 aromatic carbocycles. The molecule has 0 bridgehead atoms. The van der Waals surface area contributed by atoms with Crippen molar-refractivity contribution in [3.05, 3.63) is 35.9 Å². The Morgan fingerprint density at radius 3 is 2.50 bits per heavy atom. The Hall–Kier alpha value is -2.08. The van der Waals surface area contributed by atoms with E-state index in [1.54, 1.807) is 0 Å². The SMILES string of the molecule is CCN(CC(=O)O)C1CC(NC(=O)N2CC3(CCCC3)C2c2ccccc2)C1. The molecule has 2 N–H and O–H groups in total. The Labute approximate surface area is 166 Å². The van der Waals surface area contributed by atoms with Crippen LogP contribution < -0.4 is 5.32 Å². The van der Waals surface area contributed by atoms with Crippen LogP contribution >= 0.6 is 0 Å². The van der Waals surface area contributed by atoms with E-state index in [0.29, 0.717) is 0 Å². The number of benzene rings is 1. The van der Waals surface area contributed by atoms with Crippen molar-refractivity contribution in [1.29, 1.82) is 0 Å². The van der Waals surface area contributed by atoms with Gasteiger partial charge in [-0.25, -0.2) is 4.79 Å². The van der Waals surface area contributed by atoms with Crippen molar-refractivity contribution in [3.63, 3.8) is 0 Å². The van der Waals surface area contributed by atoms with Gasteiger partial charge in [0.2, 0.25) is 0 Å². The summed E-state index contributed by atoms with van der Waals surface area (Å²) in [7, 11) is 0. The predicted molar refractivity (Wildman–Crippen MR) is 107 cm³/mol. The van der Waals surface area contributed by atoms with Gasteiger partial charge in [0, 0.05) is 24.0 Å². The second-order valence-corrected chi connectivity index (χ2v) is 8.74. The van der Waals surface area contributed by atoms with Gasteiger partial charge in [0.05, 0.1) is 12.6 Å². The minimum atomic E-state index is -0.789. The van der Waals surface area contributed by atoms with Gasteiger partial charge in [-0.05, 0) is 37.8 Å². The van der Waals surface area contributed by atoms with Gasteiger partial charge in [0.1, 0.15) is 0 Å². The van der Waals surface area contributed by atoms with Gasteiger partial charge < -0.3 is 15.3 Å². The van der Waals surface area contributed by atoms with Gasteiger partial charge in [-0.15, -0.1) is 0 Å². The van der Waals surface area contributed by atoms with Crippen molar-refractivity contribution in [1.82, 2.24) is 15.1 Å². The minimum Gasteiger partial charge on any atom is -0.480 e. The highest BCUT2D eigenvalue weighted by Gasteiger charge is 2.56. The van der Waals surface area contributed by atoms with Gasteiger partial charge in [-0.3, -0.25) is 9.69 Å². The predicted octanol–water partition coefficient (Wildman–Crippen LogP) is 3.25. The van der Waals surface area contributed by atoms with Gasteiger partial charge in [-0.1, -0.05) is 50.1 Å². The lowest BCUT2D eigenvalue weighted by molar-refractivity contribution is -0.139. The molecule has 1 saturated heterocycles. The molecule has 0 radical (unpaired) electrons. The van der Waals surface area contributed by atoms with Crippen LogP contribution in [0.15, 0.2) is 30.3 Å². The van der Waals surface area contributed by atoms with Crippen LogP contribution in [-0.4, -0.2) is 58.6 Å². The number of amides is 2. The van der Waals surface area contributed by atoms with E-state index in [1.165, 1.54) is 31.2 Å². The molecule has 152 valence electrons. The third-order valence-corrected chi connectivity index (χ3v) is 7.05. The first-order chi connectivity index (χ1) is 13.5. The number of carboxylic acid groups (broad SMARTS) is 1. The van der Waals surface area contributed by atoms with Gasteiger partial charge in [-0.2, -0.15) is 0 Å². The van der Waals surface area contributed by atoms with Crippen molar-refractivity contribution < 1.29 is 14.7 Å². The van der Waals surface area contributed by atoms with Crippen molar-refractivity contribution >= 4 is 12.0 Å². The maximum Gasteiger partial charge on any atom is 0.318 e. The molecule has 1 aliphatic heterocycles. The average Bonchev–Trinajstić information content (AvgIpc) is 3.13. The number of likely N-dealkylation sites (tertiary alicyclic amines) is 1. The van der Waals surface area contributed by atoms with Crippen molar-refractivity contribution in [3.8, 4) is 0 Å². The van der Waals surface area contributed by atoms with E-state index in [1.807, 2.05) is 22.8 Å². The third kappa shape index (κ3) is 3.50. The molecular weight excluding hydrogens is 354 g/mol. The lowest BCUT2D eigenvalue weighted by Crippen LogP contribution is -2.64. The van der Waals surface area contributed by atoms with Gasteiger partial charge >= 0.3 is 12.0 Å². The van der Waals surface area contributed by atoms with Crippen molar-refractivity contribution in [2.45, 2.75) is 63.6 Å². The van der Waals surface area contributed by atoms with Crippen LogP contribution in [0.1, 0.15) is 57.1 Å². The molecule has 4 rings (SSSR count). The number of likely N-dealkylation sites (N-methyl/N-ethyl adjacent to an activating group) is 1. The number of nitrogens with zero attached hydrogens (tertiary/aromatic N) is 2.